The number of hydrogen-bond donors (Lipinski definition) is 0. The number of hydrogen-bond acceptors (Lipinski definition) is 15. The lowest BCUT2D eigenvalue weighted by molar-refractivity contribution is -0.394. The van der Waals surface area contributed by atoms with E-state index in [2.05, 4.69) is 10.3 Å². The minimum absolute atomic E-state index is 0.286. The summed E-state index contributed by atoms with van der Waals surface area (Å²) in [6.07, 6.45) is 5.44. The predicted octanol–water partition coefficient (Wildman–Crippen LogP) is 9.06. The summed E-state index contributed by atoms with van der Waals surface area (Å²) in [6.45, 7) is 1.79. The molecule has 2 aliphatic carbocycles. The summed E-state index contributed by atoms with van der Waals surface area (Å²) in [5, 5.41) is 53.0. The second-order valence-corrected chi connectivity index (χ2v) is 13.6. The monoisotopic (exact) mass is 810 g/mol. The van der Waals surface area contributed by atoms with Gasteiger partial charge >= 0.3 is 11.9 Å². The van der Waals surface area contributed by atoms with Gasteiger partial charge in [0.2, 0.25) is 0 Å². The van der Waals surface area contributed by atoms with Gasteiger partial charge in [0.1, 0.15) is 5.75 Å². The van der Waals surface area contributed by atoms with E-state index >= 15 is 0 Å². The number of non-ortho nitro benzene ring substituents is 2. The normalized spacial score (nSPS) is 17.5. The molecule has 0 aliphatic heterocycles. The molecule has 0 saturated heterocycles. The summed E-state index contributed by atoms with van der Waals surface area (Å²) in [5.74, 6) is -1.56. The largest absolute Gasteiger partial charge is 0.497 e. The zero-order valence-electron chi connectivity index (χ0n) is 31.9. The van der Waals surface area contributed by atoms with Crippen LogP contribution in [-0.2, 0) is 9.68 Å². The van der Waals surface area contributed by atoms with Crippen molar-refractivity contribution in [1.29, 1.82) is 0 Å². The molecule has 0 aromatic heterocycles. The molecule has 4 aromatic carbocycles. The number of carbonyl (C=O) groups excluding carboxylic acids is 2. The van der Waals surface area contributed by atoms with Crippen LogP contribution in [0.25, 0.3) is 0 Å². The Hall–Kier alpha value is -7.44. The number of nitro benzene ring substituents is 4. The van der Waals surface area contributed by atoms with Gasteiger partial charge in [-0.15, -0.1) is 0 Å². The maximum Gasteiger partial charge on any atom is 0.365 e. The fraction of sp³-hybridized carbons (Fsp3) is 0.300. The summed E-state index contributed by atoms with van der Waals surface area (Å²) >= 11 is 0. The van der Waals surface area contributed by atoms with Crippen LogP contribution in [0.1, 0.15) is 101 Å². The van der Waals surface area contributed by atoms with Crippen molar-refractivity contribution in [2.24, 2.45) is 10.3 Å². The van der Waals surface area contributed by atoms with Gasteiger partial charge in [0.25, 0.3) is 22.7 Å². The first-order valence-electron chi connectivity index (χ1n) is 18.4. The smallest absolute Gasteiger partial charge is 0.365 e. The first-order valence-corrected chi connectivity index (χ1v) is 18.4. The minimum atomic E-state index is -0.677. The van der Waals surface area contributed by atoms with Gasteiger partial charge in [-0.25, -0.2) is 9.59 Å². The fourth-order valence-electron chi connectivity index (χ4n) is 6.91. The van der Waals surface area contributed by atoms with Crippen LogP contribution in [-0.4, -0.2) is 50.2 Å². The maximum atomic E-state index is 12.3. The van der Waals surface area contributed by atoms with Crippen LogP contribution < -0.4 is 4.74 Å². The molecule has 59 heavy (non-hydrogen) atoms. The number of aryl methyl sites for hydroxylation is 1. The lowest BCUT2D eigenvalue weighted by Crippen LogP contribution is -2.20. The molecule has 0 unspecified atom stereocenters. The van der Waals surface area contributed by atoms with Gasteiger partial charge in [-0.05, 0) is 93.5 Å². The van der Waals surface area contributed by atoms with Crippen LogP contribution in [0.15, 0.2) is 95.2 Å². The van der Waals surface area contributed by atoms with Crippen LogP contribution in [0.2, 0.25) is 0 Å². The number of methoxy groups -OCH3 is 1. The van der Waals surface area contributed by atoms with Crippen LogP contribution in [0.5, 0.6) is 5.75 Å². The van der Waals surface area contributed by atoms with E-state index in [9.17, 15) is 50.0 Å². The standard InChI is InChI=1S/C20H19N3O7.C20H19N3O6/c1-29-15-9-6-13(7-10-15)20(24)30-21-18-5-3-2-4-16(18)17-11-8-14(22(25)26)12-19(17)23(27)28;1-13-6-2-3-7-15(13)20(24)29-21-18-9-5-4-8-16(18)17-11-10-14(22(25)26)12-19(17)23(27)28/h6-12,16H,2-5H2,1H3;2-3,6-7,10-12,16H,4-5,8-9H2,1H3/b2*21-18+/t2*16-/m00/s1. The number of carbonyl (C=O) groups is 2. The van der Waals surface area contributed by atoms with Crippen molar-refractivity contribution >= 4 is 46.1 Å². The third-order valence-electron chi connectivity index (χ3n) is 9.93. The van der Waals surface area contributed by atoms with E-state index in [0.29, 0.717) is 59.5 Å². The molecule has 2 fully saturated rings. The minimum Gasteiger partial charge on any atom is -0.497 e. The lowest BCUT2D eigenvalue weighted by Gasteiger charge is -2.23. The van der Waals surface area contributed by atoms with Crippen LogP contribution in [0.3, 0.4) is 0 Å². The molecule has 0 spiro atoms. The Kier molecular flexibility index (Phi) is 14.2. The summed E-state index contributed by atoms with van der Waals surface area (Å²) in [5.41, 5.74) is 1.75. The first-order chi connectivity index (χ1) is 28.3. The van der Waals surface area contributed by atoms with Gasteiger partial charge in [-0.1, -0.05) is 41.4 Å². The molecule has 4 aromatic rings. The Morgan fingerprint density at radius 3 is 1.53 bits per heavy atom. The molecule has 306 valence electrons. The van der Waals surface area contributed by atoms with Crippen LogP contribution in [0.4, 0.5) is 22.7 Å². The van der Waals surface area contributed by atoms with Crippen molar-refractivity contribution in [2.45, 2.75) is 70.1 Å². The van der Waals surface area contributed by atoms with Gasteiger partial charge in [0, 0.05) is 35.1 Å². The van der Waals surface area contributed by atoms with Crippen molar-refractivity contribution in [3.8, 4) is 5.75 Å². The summed E-state index contributed by atoms with van der Waals surface area (Å²) < 4.78 is 5.04. The summed E-state index contributed by atoms with van der Waals surface area (Å²) in [7, 11) is 1.51. The van der Waals surface area contributed by atoms with Crippen LogP contribution in [0, 0.1) is 47.4 Å². The first kappa shape index (κ1) is 42.7. The molecular weight excluding hydrogens is 772 g/mol. The number of oxime groups is 2. The molecule has 2 aliphatic rings. The summed E-state index contributed by atoms with van der Waals surface area (Å²) in [4.78, 5) is 77.1. The highest BCUT2D eigenvalue weighted by Gasteiger charge is 2.32. The van der Waals surface area contributed by atoms with Crippen molar-refractivity contribution < 1.29 is 43.7 Å². The molecule has 0 amide bonds. The van der Waals surface area contributed by atoms with E-state index in [4.69, 9.17) is 14.4 Å². The van der Waals surface area contributed by atoms with Crippen molar-refractivity contribution in [3.05, 3.63) is 153 Å². The molecule has 19 heteroatoms. The third-order valence-corrected chi connectivity index (χ3v) is 9.93. The van der Waals surface area contributed by atoms with Crippen LogP contribution >= 0.6 is 0 Å². The van der Waals surface area contributed by atoms with Crippen molar-refractivity contribution in [2.75, 3.05) is 7.11 Å². The second kappa shape index (κ2) is 19.6. The fourth-order valence-corrected chi connectivity index (χ4v) is 6.91. The average Bonchev–Trinajstić information content (AvgIpc) is 3.24. The molecule has 2 saturated carbocycles. The predicted molar refractivity (Wildman–Crippen MR) is 212 cm³/mol. The highest BCUT2D eigenvalue weighted by molar-refractivity contribution is 5.95. The molecule has 0 heterocycles. The second-order valence-electron chi connectivity index (χ2n) is 13.6. The molecular formula is C40H38N6O13. The lowest BCUT2D eigenvalue weighted by atomic mass is 9.81. The van der Waals surface area contributed by atoms with E-state index in [1.54, 1.807) is 49.4 Å². The Morgan fingerprint density at radius 1 is 0.610 bits per heavy atom. The number of nitro groups is 4. The van der Waals surface area contributed by atoms with Gasteiger partial charge in [0.15, 0.2) is 0 Å². The molecule has 2 atom stereocenters. The van der Waals surface area contributed by atoms with Gasteiger partial charge < -0.3 is 14.4 Å². The molecule has 0 radical (unpaired) electrons. The Labute approximate surface area is 335 Å². The van der Waals surface area contributed by atoms with E-state index in [-0.39, 0.29) is 28.3 Å². The molecule has 0 N–H and O–H groups in total. The Balaban J connectivity index is 0.000000224. The topological polar surface area (TPSA) is 259 Å². The Morgan fingerprint density at radius 2 is 1.08 bits per heavy atom. The van der Waals surface area contributed by atoms with Gasteiger partial charge in [0.05, 0.1) is 61.5 Å². The van der Waals surface area contributed by atoms with Crippen molar-refractivity contribution in [1.82, 2.24) is 0 Å². The van der Waals surface area contributed by atoms with E-state index in [1.165, 1.54) is 31.4 Å². The number of rotatable bonds is 11. The quantitative estimate of drug-likeness (QED) is 0.0778. The molecule has 0 bridgehead atoms. The van der Waals surface area contributed by atoms with E-state index in [0.717, 1.165) is 43.4 Å². The van der Waals surface area contributed by atoms with Gasteiger partial charge in [-0.2, -0.15) is 0 Å². The van der Waals surface area contributed by atoms with E-state index < -0.39 is 43.5 Å². The third kappa shape index (κ3) is 10.7. The highest BCUT2D eigenvalue weighted by Crippen LogP contribution is 2.39. The number of benzene rings is 4. The zero-order valence-corrected chi connectivity index (χ0v) is 31.9. The summed E-state index contributed by atoms with van der Waals surface area (Å²) in [6, 6.07) is 20.4. The SMILES string of the molecule is COc1ccc(C(=O)O/N=C2\CCCC[C@H]2c2ccc([N+](=O)[O-])cc2[N+](=O)[O-])cc1.Cc1ccccc1C(=O)O/N=C1\CCCC[C@H]1c1ccc([N+](=O)[O-])cc1[N+](=O)[O-]. The molecule has 19 nitrogen and oxygen atoms in total. The highest BCUT2D eigenvalue weighted by atomic mass is 16.7. The number of nitrogens with zero attached hydrogens (tertiary/aromatic N) is 6. The maximum absolute atomic E-state index is 12.3. The molecule has 6 rings (SSSR count). The van der Waals surface area contributed by atoms with Crippen molar-refractivity contribution in [3.63, 3.8) is 0 Å². The Bertz CT molecular complexity index is 2330. The van der Waals surface area contributed by atoms with Gasteiger partial charge in [-0.3, -0.25) is 40.5 Å². The van der Waals surface area contributed by atoms with E-state index in [1.807, 2.05) is 6.07 Å². The number of ether oxygens (including phenoxy) is 1. The zero-order chi connectivity index (χ0) is 42.6. The average molecular weight is 811 g/mol.